The molecule has 0 spiro atoms. The third-order valence-electron chi connectivity index (χ3n) is 1.55. The Morgan fingerprint density at radius 1 is 1.43 bits per heavy atom. The van der Waals surface area contributed by atoms with Gasteiger partial charge in [0.15, 0.2) is 9.84 Å². The molecule has 0 aromatic heterocycles. The maximum absolute atomic E-state index is 11.1. The standard InChI is InChI=1S/C8H7ClNO3S/c1-14(12,13)6-2-3-8(10-5-11)7(9)4-6/h2-4H,1H3,(H,10,11). The minimum Gasteiger partial charge on any atom is -0.316 e. The molecule has 14 heavy (non-hydrogen) atoms. The minimum absolute atomic E-state index is 0.110. The maximum atomic E-state index is 11.1. The van der Waals surface area contributed by atoms with E-state index in [1.807, 2.05) is 0 Å². The van der Waals surface area contributed by atoms with Crippen LogP contribution in [0.2, 0.25) is 5.02 Å². The van der Waals surface area contributed by atoms with Gasteiger partial charge in [-0.1, -0.05) is 11.6 Å². The summed E-state index contributed by atoms with van der Waals surface area (Å²) in [5.41, 5.74) is 0.328. The molecule has 0 aliphatic carbocycles. The van der Waals surface area contributed by atoms with Crippen molar-refractivity contribution in [3.63, 3.8) is 0 Å². The molecule has 0 heterocycles. The van der Waals surface area contributed by atoms with Crippen molar-refractivity contribution < 1.29 is 13.2 Å². The molecule has 4 nitrogen and oxygen atoms in total. The topological polar surface area (TPSA) is 63.2 Å². The molecule has 1 aromatic carbocycles. The molecule has 1 aromatic rings. The Kier molecular flexibility index (Phi) is 3.13. The highest BCUT2D eigenvalue weighted by atomic mass is 35.5. The summed E-state index contributed by atoms with van der Waals surface area (Å²) < 4.78 is 22.2. The van der Waals surface area contributed by atoms with Gasteiger partial charge in [-0.15, -0.1) is 0 Å². The first kappa shape index (κ1) is 11.0. The number of sulfone groups is 1. The molecule has 0 atom stereocenters. The fourth-order valence-corrected chi connectivity index (χ4v) is 1.82. The Balaban J connectivity index is 3.19. The molecular weight excluding hydrogens is 226 g/mol. The van der Waals surface area contributed by atoms with E-state index in [-0.39, 0.29) is 9.92 Å². The van der Waals surface area contributed by atoms with Crippen LogP contribution in [0, 0.1) is 0 Å². The lowest BCUT2D eigenvalue weighted by atomic mass is 10.3. The Labute approximate surface area is 86.8 Å². The summed E-state index contributed by atoms with van der Waals surface area (Å²) in [5.74, 6) is 0. The van der Waals surface area contributed by atoms with Gasteiger partial charge in [0, 0.05) is 6.26 Å². The molecule has 1 N–H and O–H groups in total. The zero-order chi connectivity index (χ0) is 10.8. The van der Waals surface area contributed by atoms with Crippen molar-refractivity contribution in [2.24, 2.45) is 0 Å². The van der Waals surface area contributed by atoms with Crippen LogP contribution in [0.5, 0.6) is 0 Å². The molecule has 0 aliphatic rings. The number of rotatable bonds is 3. The largest absolute Gasteiger partial charge is 0.316 e. The zero-order valence-corrected chi connectivity index (χ0v) is 8.82. The Morgan fingerprint density at radius 2 is 2.07 bits per heavy atom. The van der Waals surface area contributed by atoms with Crippen molar-refractivity contribution in [3.8, 4) is 0 Å². The summed E-state index contributed by atoms with van der Waals surface area (Å²) in [7, 11) is -3.27. The van der Waals surface area contributed by atoms with Crippen LogP contribution in [0.15, 0.2) is 23.1 Å². The predicted molar refractivity (Wildman–Crippen MR) is 53.9 cm³/mol. The summed E-state index contributed by atoms with van der Waals surface area (Å²) in [6, 6.07) is 4.04. The first-order chi connectivity index (χ1) is 6.45. The van der Waals surface area contributed by atoms with E-state index >= 15 is 0 Å². The van der Waals surface area contributed by atoms with Gasteiger partial charge in [0.2, 0.25) is 0 Å². The predicted octanol–water partition coefficient (Wildman–Crippen LogP) is 1.22. The van der Waals surface area contributed by atoms with E-state index in [9.17, 15) is 13.2 Å². The number of benzene rings is 1. The monoisotopic (exact) mass is 232 g/mol. The van der Waals surface area contributed by atoms with E-state index in [1.54, 1.807) is 0 Å². The van der Waals surface area contributed by atoms with Gasteiger partial charge in [0.1, 0.15) is 0 Å². The molecule has 0 bridgehead atoms. The summed E-state index contributed by atoms with van der Waals surface area (Å²) >= 11 is 5.71. The van der Waals surface area contributed by atoms with Crippen molar-refractivity contribution in [2.45, 2.75) is 4.90 Å². The average molecular weight is 233 g/mol. The number of anilines is 1. The van der Waals surface area contributed by atoms with Crippen LogP contribution in [0.1, 0.15) is 0 Å². The molecule has 0 saturated heterocycles. The first-order valence-corrected chi connectivity index (χ1v) is 5.85. The second kappa shape index (κ2) is 3.98. The highest BCUT2D eigenvalue weighted by molar-refractivity contribution is 7.90. The average Bonchev–Trinajstić information content (AvgIpc) is 2.07. The quantitative estimate of drug-likeness (QED) is 0.798. The van der Waals surface area contributed by atoms with Crippen molar-refractivity contribution >= 4 is 33.5 Å². The summed E-state index contributed by atoms with van der Waals surface area (Å²) in [5, 5.41) is 2.39. The lowest BCUT2D eigenvalue weighted by molar-refractivity contribution is 0.561. The van der Waals surface area contributed by atoms with E-state index in [0.29, 0.717) is 5.69 Å². The molecule has 0 saturated carbocycles. The lowest BCUT2D eigenvalue weighted by Gasteiger charge is -2.03. The van der Waals surface area contributed by atoms with Gasteiger partial charge in [0.05, 0.1) is 15.6 Å². The van der Waals surface area contributed by atoms with E-state index < -0.39 is 9.84 Å². The number of hydrogen-bond donors (Lipinski definition) is 1. The molecular formula is C8H7ClNO3S. The molecule has 75 valence electrons. The third-order valence-corrected chi connectivity index (χ3v) is 2.98. The van der Waals surface area contributed by atoms with Crippen LogP contribution < -0.4 is 5.32 Å². The summed E-state index contributed by atoms with van der Waals surface area (Å²) in [6.07, 6.45) is 2.53. The van der Waals surface area contributed by atoms with Crippen LogP contribution in [-0.4, -0.2) is 21.1 Å². The third kappa shape index (κ3) is 2.46. The second-order valence-corrected chi connectivity index (χ2v) is 5.06. The van der Waals surface area contributed by atoms with Crippen LogP contribution in [0.25, 0.3) is 0 Å². The molecule has 0 aliphatic heterocycles. The second-order valence-electron chi connectivity index (χ2n) is 2.64. The van der Waals surface area contributed by atoms with Crippen molar-refractivity contribution in [1.82, 2.24) is 0 Å². The van der Waals surface area contributed by atoms with E-state index in [2.05, 4.69) is 5.32 Å². The molecule has 1 rings (SSSR count). The fraction of sp³-hybridized carbons (Fsp3) is 0.125. The van der Waals surface area contributed by atoms with Gasteiger partial charge in [-0.2, -0.15) is 0 Å². The number of hydrogen-bond acceptors (Lipinski definition) is 3. The number of amides is 1. The first-order valence-electron chi connectivity index (χ1n) is 3.58. The Hall–Kier alpha value is -1.07. The maximum Gasteiger partial charge on any atom is 0.314 e. The van der Waals surface area contributed by atoms with Crippen molar-refractivity contribution in [3.05, 3.63) is 23.2 Å². The molecule has 1 amide bonds. The van der Waals surface area contributed by atoms with Gasteiger partial charge in [-0.05, 0) is 18.2 Å². The van der Waals surface area contributed by atoms with Gasteiger partial charge in [-0.3, -0.25) is 4.79 Å². The lowest BCUT2D eigenvalue weighted by Crippen LogP contribution is -1.99. The molecule has 1 radical (unpaired) electrons. The van der Waals surface area contributed by atoms with E-state index in [1.165, 1.54) is 24.6 Å². The number of nitrogens with one attached hydrogen (secondary N) is 1. The fourth-order valence-electron chi connectivity index (χ4n) is 0.883. The van der Waals surface area contributed by atoms with Crippen molar-refractivity contribution in [2.75, 3.05) is 11.6 Å². The highest BCUT2D eigenvalue weighted by Crippen LogP contribution is 2.24. The van der Waals surface area contributed by atoms with Crippen LogP contribution in [0.4, 0.5) is 5.69 Å². The SMILES string of the molecule is CS(=O)(=O)c1ccc(N[C]=O)c(Cl)c1. The van der Waals surface area contributed by atoms with Gasteiger partial charge in [0.25, 0.3) is 0 Å². The summed E-state index contributed by atoms with van der Waals surface area (Å²) in [4.78, 5) is 10.1. The molecule has 0 unspecified atom stereocenters. The van der Waals surface area contributed by atoms with Gasteiger partial charge < -0.3 is 5.32 Å². The Bertz CT molecular complexity index is 456. The highest BCUT2D eigenvalue weighted by Gasteiger charge is 2.09. The normalized spacial score (nSPS) is 11.0. The molecule has 0 fully saturated rings. The van der Waals surface area contributed by atoms with Crippen LogP contribution >= 0.6 is 11.6 Å². The van der Waals surface area contributed by atoms with Crippen LogP contribution in [0.3, 0.4) is 0 Å². The van der Waals surface area contributed by atoms with Gasteiger partial charge in [-0.25, -0.2) is 8.42 Å². The Morgan fingerprint density at radius 3 is 2.50 bits per heavy atom. The van der Waals surface area contributed by atoms with E-state index in [4.69, 9.17) is 11.6 Å². The van der Waals surface area contributed by atoms with E-state index in [0.717, 1.165) is 6.26 Å². The van der Waals surface area contributed by atoms with Crippen molar-refractivity contribution in [1.29, 1.82) is 0 Å². The van der Waals surface area contributed by atoms with Crippen LogP contribution in [-0.2, 0) is 14.6 Å². The smallest absolute Gasteiger partial charge is 0.314 e. The number of halogens is 1. The minimum atomic E-state index is -3.27. The number of carbonyl (C=O) groups excluding carboxylic acids is 1. The van der Waals surface area contributed by atoms with Gasteiger partial charge >= 0.3 is 6.41 Å². The molecule has 6 heteroatoms. The summed E-state index contributed by atoms with van der Waals surface area (Å²) in [6.45, 7) is 0. The zero-order valence-electron chi connectivity index (χ0n) is 7.24.